The highest BCUT2D eigenvalue weighted by molar-refractivity contribution is 6.34. The van der Waals surface area contributed by atoms with Crippen molar-refractivity contribution in [3.63, 3.8) is 0 Å². The molecular weight excluding hydrogens is 377 g/mol. The van der Waals surface area contributed by atoms with Gasteiger partial charge in [-0.05, 0) is 32.0 Å². The second-order valence-electron chi connectivity index (χ2n) is 6.32. The van der Waals surface area contributed by atoms with Crippen molar-refractivity contribution in [1.82, 2.24) is 14.9 Å². The van der Waals surface area contributed by atoms with Crippen LogP contribution in [-0.2, 0) is 6.54 Å². The number of nitrogens with zero attached hydrogens (tertiary/aromatic N) is 2. The third kappa shape index (κ3) is 3.51. The molecule has 8 heteroatoms. The Hall–Kier alpha value is -2.54. The van der Waals surface area contributed by atoms with Crippen molar-refractivity contribution in [2.45, 2.75) is 26.6 Å². The lowest BCUT2D eigenvalue weighted by atomic mass is 9.97. The number of hydrogen-bond acceptors (Lipinski definition) is 3. The van der Waals surface area contributed by atoms with E-state index < -0.39 is 12.7 Å². The van der Waals surface area contributed by atoms with Gasteiger partial charge in [-0.1, -0.05) is 11.6 Å². The van der Waals surface area contributed by atoms with Crippen LogP contribution in [0.5, 0.6) is 0 Å². The van der Waals surface area contributed by atoms with E-state index in [2.05, 4.69) is 10.3 Å². The molecule has 27 heavy (non-hydrogen) atoms. The van der Waals surface area contributed by atoms with Crippen LogP contribution in [0.1, 0.15) is 19.4 Å². The maximum absolute atomic E-state index is 13.3. The molecule has 2 aromatic heterocycles. The highest BCUT2D eigenvalue weighted by Gasteiger charge is 2.31. The van der Waals surface area contributed by atoms with Gasteiger partial charge in [0.05, 0.1) is 17.2 Å². The first-order valence-corrected chi connectivity index (χ1v) is 8.58. The van der Waals surface area contributed by atoms with Crippen molar-refractivity contribution in [3.8, 4) is 0 Å². The molecule has 0 saturated carbocycles. The van der Waals surface area contributed by atoms with Gasteiger partial charge in [0.15, 0.2) is 0 Å². The van der Waals surface area contributed by atoms with Crippen molar-refractivity contribution in [2.24, 2.45) is 0 Å². The number of pyridine rings is 1. The van der Waals surface area contributed by atoms with Crippen LogP contribution in [-0.4, -0.2) is 28.5 Å². The largest absolute Gasteiger partial charge is 0.406 e. The van der Waals surface area contributed by atoms with E-state index in [4.69, 9.17) is 17.0 Å². The van der Waals surface area contributed by atoms with Gasteiger partial charge < -0.3 is 15.3 Å². The molecule has 0 atom stereocenters. The van der Waals surface area contributed by atoms with Crippen LogP contribution in [0, 0.1) is 5.41 Å². The molecular formula is C19H18ClF3N4. The van der Waals surface area contributed by atoms with E-state index in [0.717, 1.165) is 0 Å². The third-order valence-electron chi connectivity index (χ3n) is 4.46. The average molecular weight is 395 g/mol. The molecule has 3 aromatic rings. The fourth-order valence-electron chi connectivity index (χ4n) is 3.39. The zero-order chi connectivity index (χ0) is 19.9. The lowest BCUT2D eigenvalue weighted by molar-refractivity contribution is -0.139. The number of allylic oxidation sites excluding steroid dienone is 2. The van der Waals surface area contributed by atoms with Crippen LogP contribution in [0.2, 0.25) is 5.02 Å². The van der Waals surface area contributed by atoms with E-state index in [1.807, 2.05) is 0 Å². The Morgan fingerprint density at radius 2 is 1.96 bits per heavy atom. The maximum Gasteiger partial charge on any atom is 0.406 e. The Labute approximate surface area is 159 Å². The summed E-state index contributed by atoms with van der Waals surface area (Å²) >= 11 is 6.30. The molecule has 0 bridgehead atoms. The van der Waals surface area contributed by atoms with E-state index >= 15 is 0 Å². The van der Waals surface area contributed by atoms with Gasteiger partial charge in [0.2, 0.25) is 0 Å². The van der Waals surface area contributed by atoms with Crippen LogP contribution >= 0.6 is 11.6 Å². The second kappa shape index (κ2) is 6.88. The van der Waals surface area contributed by atoms with E-state index in [1.165, 1.54) is 17.0 Å². The molecule has 0 spiro atoms. The Morgan fingerprint density at radius 3 is 2.56 bits per heavy atom. The van der Waals surface area contributed by atoms with Gasteiger partial charge in [0.25, 0.3) is 0 Å². The van der Waals surface area contributed by atoms with Gasteiger partial charge in [0.1, 0.15) is 6.54 Å². The number of rotatable bonds is 4. The van der Waals surface area contributed by atoms with Gasteiger partial charge in [-0.25, -0.2) is 0 Å². The summed E-state index contributed by atoms with van der Waals surface area (Å²) in [6.07, 6.45) is -1.45. The molecule has 0 fully saturated rings. The fraction of sp³-hybridized carbons (Fsp3) is 0.263. The van der Waals surface area contributed by atoms with Crippen molar-refractivity contribution in [1.29, 1.82) is 5.41 Å². The first-order valence-electron chi connectivity index (χ1n) is 8.20. The Bertz CT molecular complexity index is 1080. The summed E-state index contributed by atoms with van der Waals surface area (Å²) in [6.45, 7) is 2.22. The van der Waals surface area contributed by atoms with Gasteiger partial charge in [-0.15, -0.1) is 0 Å². The van der Waals surface area contributed by atoms with E-state index in [1.54, 1.807) is 39.1 Å². The average Bonchev–Trinajstić information content (AvgIpc) is 2.87. The first kappa shape index (κ1) is 19.2. The SMILES string of the molecule is CN/C(C)=C(\C(C)=N)c1cc(Cl)cc2c3ccncc3n(CC(F)(F)F)c12. The van der Waals surface area contributed by atoms with Gasteiger partial charge >= 0.3 is 6.18 Å². The molecule has 1 aromatic carbocycles. The summed E-state index contributed by atoms with van der Waals surface area (Å²) in [6, 6.07) is 4.94. The van der Waals surface area contributed by atoms with Gasteiger partial charge in [0, 0.05) is 51.6 Å². The number of fused-ring (bicyclic) bond motifs is 3. The lowest BCUT2D eigenvalue weighted by Crippen LogP contribution is -2.18. The number of halogens is 4. The number of alkyl halides is 3. The summed E-state index contributed by atoms with van der Waals surface area (Å²) in [5.41, 5.74) is 2.66. The van der Waals surface area contributed by atoms with Crippen molar-refractivity contribution < 1.29 is 13.2 Å². The number of benzene rings is 1. The molecule has 0 saturated heterocycles. The Morgan fingerprint density at radius 1 is 1.26 bits per heavy atom. The quantitative estimate of drug-likeness (QED) is 0.582. The number of aromatic nitrogens is 2. The fourth-order valence-corrected chi connectivity index (χ4v) is 3.61. The molecule has 0 aliphatic carbocycles. The van der Waals surface area contributed by atoms with Gasteiger partial charge in [-0.3, -0.25) is 4.98 Å². The normalized spacial score (nSPS) is 13.1. The molecule has 0 aliphatic rings. The van der Waals surface area contributed by atoms with Crippen LogP contribution in [0.25, 0.3) is 27.4 Å². The molecule has 0 amide bonds. The highest BCUT2D eigenvalue weighted by Crippen LogP contribution is 2.38. The Kier molecular flexibility index (Phi) is 4.90. The highest BCUT2D eigenvalue weighted by atomic mass is 35.5. The van der Waals surface area contributed by atoms with Crippen LogP contribution in [0.15, 0.2) is 36.3 Å². The first-order chi connectivity index (χ1) is 12.6. The van der Waals surface area contributed by atoms with Crippen LogP contribution in [0.4, 0.5) is 13.2 Å². The lowest BCUT2D eigenvalue weighted by Gasteiger charge is -2.17. The summed E-state index contributed by atoms with van der Waals surface area (Å²) in [4.78, 5) is 3.99. The third-order valence-corrected chi connectivity index (χ3v) is 4.68. The molecule has 2 heterocycles. The van der Waals surface area contributed by atoms with Crippen molar-refractivity contribution in [3.05, 3.63) is 46.9 Å². The van der Waals surface area contributed by atoms with E-state index in [-0.39, 0.29) is 5.71 Å². The molecule has 0 aliphatic heterocycles. The predicted octanol–water partition coefficient (Wildman–Crippen LogP) is 5.40. The Balaban J connectivity index is 2.54. The summed E-state index contributed by atoms with van der Waals surface area (Å²) in [5, 5.41) is 12.8. The molecule has 4 nitrogen and oxygen atoms in total. The van der Waals surface area contributed by atoms with Crippen LogP contribution < -0.4 is 5.32 Å². The molecule has 3 rings (SSSR count). The zero-order valence-corrected chi connectivity index (χ0v) is 15.8. The van der Waals surface area contributed by atoms with E-state index in [9.17, 15) is 13.2 Å². The van der Waals surface area contributed by atoms with Crippen molar-refractivity contribution >= 4 is 44.7 Å². The molecule has 2 N–H and O–H groups in total. The summed E-state index contributed by atoms with van der Waals surface area (Å²) in [5.74, 6) is 0. The minimum atomic E-state index is -4.41. The second-order valence-corrected chi connectivity index (χ2v) is 6.76. The molecule has 0 unspecified atom stereocenters. The standard InChI is InChI=1S/C19H18ClF3N4/c1-10(24)17(11(2)25-3)15-7-12(20)6-14-13-4-5-26-8-16(13)27(18(14)15)9-19(21,22)23/h4-8,24-25H,9H2,1-3H3/b17-11+,24-10?. The smallest absolute Gasteiger partial charge is 0.391 e. The monoisotopic (exact) mass is 394 g/mol. The molecule has 142 valence electrons. The maximum atomic E-state index is 13.3. The predicted molar refractivity (Wildman–Crippen MR) is 103 cm³/mol. The van der Waals surface area contributed by atoms with E-state index in [0.29, 0.717) is 43.7 Å². The number of nitrogens with one attached hydrogen (secondary N) is 2. The summed E-state index contributed by atoms with van der Waals surface area (Å²) < 4.78 is 41.2. The van der Waals surface area contributed by atoms with Crippen LogP contribution in [0.3, 0.4) is 0 Å². The van der Waals surface area contributed by atoms with Gasteiger partial charge in [-0.2, -0.15) is 13.2 Å². The summed E-state index contributed by atoms with van der Waals surface area (Å²) in [7, 11) is 1.70. The topological polar surface area (TPSA) is 53.7 Å². The zero-order valence-electron chi connectivity index (χ0n) is 15.0. The van der Waals surface area contributed by atoms with Crippen molar-refractivity contribution in [2.75, 3.05) is 7.05 Å². The minimum Gasteiger partial charge on any atom is -0.391 e. The number of hydrogen-bond donors (Lipinski definition) is 2. The molecule has 0 radical (unpaired) electrons. The minimum absolute atomic E-state index is 0.229.